The summed E-state index contributed by atoms with van der Waals surface area (Å²) in [6.07, 6.45) is 1.81. The molecule has 0 atom stereocenters. The van der Waals surface area contributed by atoms with Crippen LogP contribution < -0.4 is 5.32 Å². The van der Waals surface area contributed by atoms with Gasteiger partial charge >= 0.3 is 6.18 Å². The van der Waals surface area contributed by atoms with E-state index in [0.29, 0.717) is 18.0 Å². The summed E-state index contributed by atoms with van der Waals surface area (Å²) in [6.45, 7) is 4.95. The molecule has 2 aromatic rings. The van der Waals surface area contributed by atoms with Crippen LogP contribution in [-0.2, 0) is 12.7 Å². The highest BCUT2D eigenvalue weighted by atomic mass is 19.4. The number of halogens is 3. The van der Waals surface area contributed by atoms with Gasteiger partial charge in [0.15, 0.2) is 11.5 Å². The zero-order valence-corrected chi connectivity index (χ0v) is 14.7. The van der Waals surface area contributed by atoms with Crippen LogP contribution in [0, 0.1) is 5.92 Å². The largest absolute Gasteiger partial charge is 0.440 e. The van der Waals surface area contributed by atoms with E-state index < -0.39 is 11.7 Å². The Kier molecular flexibility index (Phi) is 5.37. The van der Waals surface area contributed by atoms with Gasteiger partial charge < -0.3 is 9.73 Å². The number of hydrogen-bond acceptors (Lipinski definition) is 3. The van der Waals surface area contributed by atoms with Crippen molar-refractivity contribution >= 4 is 11.1 Å². The lowest BCUT2D eigenvalue weighted by Crippen LogP contribution is -2.17. The summed E-state index contributed by atoms with van der Waals surface area (Å²) >= 11 is 0. The molecule has 0 unspecified atom stereocenters. The number of hydrogen-bond donors (Lipinski definition) is 1. The Morgan fingerprint density at radius 2 is 1.96 bits per heavy atom. The normalized spacial score (nSPS) is 16.4. The Morgan fingerprint density at radius 1 is 1.24 bits per heavy atom. The van der Waals surface area contributed by atoms with E-state index in [2.05, 4.69) is 10.3 Å². The van der Waals surface area contributed by atoms with Crippen molar-refractivity contribution in [2.45, 2.75) is 64.6 Å². The Labute approximate surface area is 146 Å². The second-order valence-corrected chi connectivity index (χ2v) is 7.31. The monoisotopic (exact) mass is 354 g/mol. The smallest absolute Gasteiger partial charge is 0.420 e. The minimum atomic E-state index is -4.45. The first-order valence-corrected chi connectivity index (χ1v) is 9.06. The molecule has 25 heavy (non-hydrogen) atoms. The lowest BCUT2D eigenvalue weighted by molar-refractivity contribution is -0.136. The van der Waals surface area contributed by atoms with Crippen LogP contribution in [0.15, 0.2) is 16.5 Å². The van der Waals surface area contributed by atoms with E-state index in [1.54, 1.807) is 6.07 Å². The highest BCUT2D eigenvalue weighted by Crippen LogP contribution is 2.37. The first-order chi connectivity index (χ1) is 11.8. The second kappa shape index (κ2) is 7.36. The summed E-state index contributed by atoms with van der Waals surface area (Å²) in [5.41, 5.74) is -0.0242. The van der Waals surface area contributed by atoms with Gasteiger partial charge in [0.2, 0.25) is 0 Å². The average molecular weight is 354 g/mol. The molecule has 3 nitrogen and oxygen atoms in total. The number of nitrogens with zero attached hydrogens (tertiary/aromatic N) is 1. The molecular formula is C19H25F3N2O. The summed E-state index contributed by atoms with van der Waals surface area (Å²) in [5.74, 6) is 1.05. The zero-order valence-electron chi connectivity index (χ0n) is 14.7. The fourth-order valence-electron chi connectivity index (χ4n) is 3.51. The van der Waals surface area contributed by atoms with E-state index in [1.165, 1.54) is 31.7 Å². The number of fused-ring (bicyclic) bond motifs is 1. The van der Waals surface area contributed by atoms with Crippen LogP contribution in [0.1, 0.15) is 68.9 Å². The van der Waals surface area contributed by atoms with Gasteiger partial charge in [0.25, 0.3) is 0 Å². The SMILES string of the molecule is CC(C)c1nc2cc(CNCCC3CCCC3)cc(C(F)(F)F)c2o1. The molecule has 1 saturated carbocycles. The first-order valence-electron chi connectivity index (χ1n) is 9.06. The van der Waals surface area contributed by atoms with Gasteiger partial charge in [-0.3, -0.25) is 0 Å². The predicted molar refractivity (Wildman–Crippen MR) is 91.4 cm³/mol. The van der Waals surface area contributed by atoms with Crippen molar-refractivity contribution < 1.29 is 17.6 Å². The van der Waals surface area contributed by atoms with E-state index in [4.69, 9.17) is 4.42 Å². The van der Waals surface area contributed by atoms with Crippen molar-refractivity contribution in [2.75, 3.05) is 6.54 Å². The highest BCUT2D eigenvalue weighted by Gasteiger charge is 2.35. The summed E-state index contributed by atoms with van der Waals surface area (Å²) < 4.78 is 45.6. The Balaban J connectivity index is 1.75. The number of oxazole rings is 1. The van der Waals surface area contributed by atoms with Crippen molar-refractivity contribution in [3.63, 3.8) is 0 Å². The molecule has 6 heteroatoms. The van der Waals surface area contributed by atoms with Gasteiger partial charge in [0.1, 0.15) is 11.1 Å². The number of benzene rings is 1. The van der Waals surface area contributed by atoms with Crippen molar-refractivity contribution in [2.24, 2.45) is 5.92 Å². The van der Waals surface area contributed by atoms with E-state index in [1.807, 2.05) is 13.8 Å². The fourth-order valence-corrected chi connectivity index (χ4v) is 3.51. The van der Waals surface area contributed by atoms with E-state index in [0.717, 1.165) is 18.9 Å². The molecule has 0 saturated heterocycles. The minimum absolute atomic E-state index is 0.0542. The van der Waals surface area contributed by atoms with Crippen LogP contribution in [-0.4, -0.2) is 11.5 Å². The first kappa shape index (κ1) is 18.2. The van der Waals surface area contributed by atoms with Gasteiger partial charge in [0, 0.05) is 12.5 Å². The summed E-state index contributed by atoms with van der Waals surface area (Å²) in [6, 6.07) is 2.88. The van der Waals surface area contributed by atoms with Gasteiger partial charge in [-0.1, -0.05) is 39.5 Å². The summed E-state index contributed by atoms with van der Waals surface area (Å²) in [4.78, 5) is 4.24. The summed E-state index contributed by atoms with van der Waals surface area (Å²) in [5, 5.41) is 3.28. The summed E-state index contributed by atoms with van der Waals surface area (Å²) in [7, 11) is 0. The van der Waals surface area contributed by atoms with Crippen LogP contribution in [0.3, 0.4) is 0 Å². The van der Waals surface area contributed by atoms with E-state index in [-0.39, 0.29) is 17.0 Å². The molecule has 138 valence electrons. The molecule has 1 aromatic heterocycles. The van der Waals surface area contributed by atoms with Crippen LogP contribution in [0.25, 0.3) is 11.1 Å². The maximum Gasteiger partial charge on any atom is 0.420 e. The van der Waals surface area contributed by atoms with Crippen LogP contribution in [0.2, 0.25) is 0 Å². The number of rotatable bonds is 6. The number of alkyl halides is 3. The maximum atomic E-state index is 13.4. The lowest BCUT2D eigenvalue weighted by Gasteiger charge is -2.12. The molecule has 1 aromatic carbocycles. The Morgan fingerprint density at radius 3 is 2.60 bits per heavy atom. The van der Waals surface area contributed by atoms with Gasteiger partial charge in [-0.2, -0.15) is 13.2 Å². The molecule has 0 amide bonds. The Bertz CT molecular complexity index is 715. The number of aromatic nitrogens is 1. The van der Waals surface area contributed by atoms with Crippen molar-refractivity contribution in [1.29, 1.82) is 0 Å². The van der Waals surface area contributed by atoms with Crippen LogP contribution in [0.5, 0.6) is 0 Å². The molecule has 0 aliphatic heterocycles. The third-order valence-corrected chi connectivity index (χ3v) is 4.90. The third-order valence-electron chi connectivity index (χ3n) is 4.90. The van der Waals surface area contributed by atoms with Crippen molar-refractivity contribution in [3.8, 4) is 0 Å². The molecule has 0 radical (unpaired) electrons. The quantitative estimate of drug-likeness (QED) is 0.682. The van der Waals surface area contributed by atoms with Crippen LogP contribution in [0.4, 0.5) is 13.2 Å². The van der Waals surface area contributed by atoms with Gasteiger partial charge in [-0.05, 0) is 36.6 Å². The molecular weight excluding hydrogens is 329 g/mol. The Hall–Kier alpha value is -1.56. The lowest BCUT2D eigenvalue weighted by atomic mass is 10.0. The van der Waals surface area contributed by atoms with E-state index in [9.17, 15) is 13.2 Å². The van der Waals surface area contributed by atoms with Crippen molar-refractivity contribution in [1.82, 2.24) is 10.3 Å². The molecule has 0 bridgehead atoms. The van der Waals surface area contributed by atoms with Gasteiger partial charge in [-0.25, -0.2) is 4.98 Å². The highest BCUT2D eigenvalue weighted by molar-refractivity contribution is 5.78. The van der Waals surface area contributed by atoms with E-state index >= 15 is 0 Å². The number of nitrogens with one attached hydrogen (secondary N) is 1. The van der Waals surface area contributed by atoms with Gasteiger partial charge in [-0.15, -0.1) is 0 Å². The zero-order chi connectivity index (χ0) is 18.0. The third kappa shape index (κ3) is 4.35. The molecule has 1 fully saturated rings. The average Bonchev–Trinajstić information content (AvgIpc) is 3.19. The standard InChI is InChI=1S/C19H25F3N2O/c1-12(2)18-24-16-10-14(9-15(17(16)25-18)19(20,21)22)11-23-8-7-13-5-3-4-6-13/h9-10,12-13,23H,3-8,11H2,1-2H3. The molecule has 1 heterocycles. The van der Waals surface area contributed by atoms with Crippen LogP contribution >= 0.6 is 0 Å². The minimum Gasteiger partial charge on any atom is -0.440 e. The molecule has 1 aliphatic rings. The topological polar surface area (TPSA) is 38.1 Å². The molecule has 1 N–H and O–H groups in total. The fraction of sp³-hybridized carbons (Fsp3) is 0.632. The maximum absolute atomic E-state index is 13.4. The van der Waals surface area contributed by atoms with Gasteiger partial charge in [0.05, 0.1) is 0 Å². The molecule has 0 spiro atoms. The predicted octanol–water partition coefficient (Wildman–Crippen LogP) is 5.64. The van der Waals surface area contributed by atoms with Crippen molar-refractivity contribution in [3.05, 3.63) is 29.2 Å². The molecule has 3 rings (SSSR count). The second-order valence-electron chi connectivity index (χ2n) is 7.31. The molecule has 1 aliphatic carbocycles.